The largest absolute Gasteiger partial charge is 0.497 e. The summed E-state index contributed by atoms with van der Waals surface area (Å²) in [6, 6.07) is 22.0. The minimum atomic E-state index is -0.433. The molecule has 4 rings (SSSR count). The molecule has 1 atom stereocenters. The molecule has 0 bridgehead atoms. The van der Waals surface area contributed by atoms with Crippen LogP contribution in [0.15, 0.2) is 77.6 Å². The summed E-state index contributed by atoms with van der Waals surface area (Å²) in [5.41, 5.74) is 3.04. The Balaban J connectivity index is 1.85. The van der Waals surface area contributed by atoms with E-state index in [-0.39, 0.29) is 11.6 Å². The van der Waals surface area contributed by atoms with Crippen LogP contribution in [-0.4, -0.2) is 34.1 Å². The molecule has 0 saturated carbocycles. The van der Waals surface area contributed by atoms with Crippen LogP contribution in [0.2, 0.25) is 0 Å². The van der Waals surface area contributed by atoms with Gasteiger partial charge < -0.3 is 15.0 Å². The van der Waals surface area contributed by atoms with Crippen molar-refractivity contribution in [1.29, 1.82) is 0 Å². The Labute approximate surface area is 230 Å². The number of amides is 2. The number of nitrogens with one attached hydrogen (secondary N) is 1. The number of ether oxygens (including phenoxy) is 1. The van der Waals surface area contributed by atoms with Gasteiger partial charge in [-0.1, -0.05) is 58.0 Å². The van der Waals surface area contributed by atoms with Crippen molar-refractivity contribution in [3.05, 3.63) is 94.5 Å². The van der Waals surface area contributed by atoms with E-state index in [1.54, 1.807) is 23.8 Å². The third-order valence-corrected chi connectivity index (χ3v) is 6.99. The number of fused-ring (bicyclic) bond motifs is 1. The lowest BCUT2D eigenvalue weighted by molar-refractivity contribution is 0.176. The fourth-order valence-corrected chi connectivity index (χ4v) is 4.74. The Kier molecular flexibility index (Phi) is 9.02. The normalized spacial score (nSPS) is 11.9. The molecule has 0 fully saturated rings. The molecular weight excluding hydrogens is 488 g/mol. The number of aryl methyl sites for hydroxylation is 1. The van der Waals surface area contributed by atoms with Crippen LogP contribution in [0.1, 0.15) is 58.0 Å². The number of hydrogen-bond donors (Lipinski definition) is 1. The second kappa shape index (κ2) is 12.6. The minimum Gasteiger partial charge on any atom is -0.497 e. The lowest BCUT2D eigenvalue weighted by Crippen LogP contribution is -2.41. The third kappa shape index (κ3) is 6.30. The average Bonchev–Trinajstić information content (AvgIpc) is 2.95. The summed E-state index contributed by atoms with van der Waals surface area (Å²) in [4.78, 5) is 34.6. The molecule has 2 amide bonds. The zero-order chi connectivity index (χ0) is 27.9. The van der Waals surface area contributed by atoms with Crippen LogP contribution in [-0.2, 0) is 6.42 Å². The maximum Gasteiger partial charge on any atom is 0.322 e. The number of methoxy groups -OCH3 is 1. The smallest absolute Gasteiger partial charge is 0.322 e. The van der Waals surface area contributed by atoms with Gasteiger partial charge in [0.2, 0.25) is 0 Å². The van der Waals surface area contributed by atoms with Crippen molar-refractivity contribution in [1.82, 2.24) is 14.5 Å². The van der Waals surface area contributed by atoms with Crippen molar-refractivity contribution in [2.45, 2.75) is 53.0 Å². The Hall–Kier alpha value is -4.13. The molecular formula is C32H38N4O3. The SMILES string of the molecule is CCc1ccc(-n2c(C(CC)N(CCC(C)C)C(=O)Nc3cccc(OC)c3)nc3ccccc3c2=O)cc1. The summed E-state index contributed by atoms with van der Waals surface area (Å²) in [5.74, 6) is 1.60. The maximum absolute atomic E-state index is 13.9. The van der Waals surface area contributed by atoms with E-state index in [9.17, 15) is 9.59 Å². The van der Waals surface area contributed by atoms with Gasteiger partial charge in [-0.25, -0.2) is 9.78 Å². The van der Waals surface area contributed by atoms with Gasteiger partial charge >= 0.3 is 6.03 Å². The summed E-state index contributed by atoms with van der Waals surface area (Å²) in [5, 5.41) is 3.59. The summed E-state index contributed by atoms with van der Waals surface area (Å²) in [6.45, 7) is 8.92. The number of nitrogens with zero attached hydrogens (tertiary/aromatic N) is 3. The number of para-hydroxylation sites is 1. The Morgan fingerprint density at radius 1 is 1.03 bits per heavy atom. The lowest BCUT2D eigenvalue weighted by Gasteiger charge is -2.33. The number of hydrogen-bond acceptors (Lipinski definition) is 4. The van der Waals surface area contributed by atoms with E-state index in [1.807, 2.05) is 72.5 Å². The van der Waals surface area contributed by atoms with Crippen LogP contribution >= 0.6 is 0 Å². The van der Waals surface area contributed by atoms with Crippen molar-refractivity contribution in [3.63, 3.8) is 0 Å². The number of rotatable bonds is 10. The van der Waals surface area contributed by atoms with Crippen LogP contribution in [0.3, 0.4) is 0 Å². The minimum absolute atomic E-state index is 0.143. The van der Waals surface area contributed by atoms with Crippen LogP contribution in [0, 0.1) is 5.92 Å². The van der Waals surface area contributed by atoms with Crippen molar-refractivity contribution >= 4 is 22.6 Å². The van der Waals surface area contributed by atoms with Gasteiger partial charge in [-0.2, -0.15) is 0 Å². The van der Waals surface area contributed by atoms with Crippen molar-refractivity contribution in [2.24, 2.45) is 5.92 Å². The average molecular weight is 527 g/mol. The number of carbonyl (C=O) groups excluding carboxylic acids is 1. The van der Waals surface area contributed by atoms with Gasteiger partial charge in [0.1, 0.15) is 11.6 Å². The highest BCUT2D eigenvalue weighted by atomic mass is 16.5. The van der Waals surface area contributed by atoms with Gasteiger partial charge in [-0.05, 0) is 67.1 Å². The number of anilines is 1. The van der Waals surface area contributed by atoms with Crippen molar-refractivity contribution in [2.75, 3.05) is 19.0 Å². The first-order valence-electron chi connectivity index (χ1n) is 13.7. The first kappa shape index (κ1) is 27.9. The van der Waals surface area contributed by atoms with Gasteiger partial charge in [-0.3, -0.25) is 9.36 Å². The van der Waals surface area contributed by atoms with E-state index >= 15 is 0 Å². The maximum atomic E-state index is 13.9. The quantitative estimate of drug-likeness (QED) is 0.242. The van der Waals surface area contributed by atoms with Crippen LogP contribution in [0.25, 0.3) is 16.6 Å². The first-order valence-corrected chi connectivity index (χ1v) is 13.7. The van der Waals surface area contributed by atoms with Gasteiger partial charge in [0, 0.05) is 18.3 Å². The molecule has 7 heteroatoms. The van der Waals surface area contributed by atoms with Gasteiger partial charge in [0.15, 0.2) is 0 Å². The number of carbonyl (C=O) groups is 1. The Bertz CT molecular complexity index is 1480. The Morgan fingerprint density at radius 2 is 1.77 bits per heavy atom. The highest BCUT2D eigenvalue weighted by Crippen LogP contribution is 2.28. The van der Waals surface area contributed by atoms with Gasteiger partial charge in [0.05, 0.1) is 29.7 Å². The van der Waals surface area contributed by atoms with Gasteiger partial charge in [-0.15, -0.1) is 0 Å². The molecule has 0 aliphatic carbocycles. The summed E-state index contributed by atoms with van der Waals surface area (Å²) < 4.78 is 7.01. The van der Waals surface area contributed by atoms with Crippen LogP contribution in [0.5, 0.6) is 5.75 Å². The van der Waals surface area contributed by atoms with E-state index in [0.29, 0.717) is 47.0 Å². The predicted molar refractivity (Wildman–Crippen MR) is 158 cm³/mol. The molecule has 39 heavy (non-hydrogen) atoms. The second-order valence-electron chi connectivity index (χ2n) is 10.1. The fraction of sp³-hybridized carbons (Fsp3) is 0.344. The van der Waals surface area contributed by atoms with Crippen LogP contribution < -0.4 is 15.6 Å². The summed E-state index contributed by atoms with van der Waals surface area (Å²) in [7, 11) is 1.60. The monoisotopic (exact) mass is 526 g/mol. The van der Waals surface area contributed by atoms with Gasteiger partial charge in [0.25, 0.3) is 5.56 Å². The summed E-state index contributed by atoms with van der Waals surface area (Å²) in [6.07, 6.45) is 2.30. The predicted octanol–water partition coefficient (Wildman–Crippen LogP) is 6.99. The topological polar surface area (TPSA) is 76.5 Å². The zero-order valence-electron chi connectivity index (χ0n) is 23.5. The number of urea groups is 1. The molecule has 0 saturated heterocycles. The van der Waals surface area contributed by atoms with E-state index in [0.717, 1.165) is 18.5 Å². The third-order valence-electron chi connectivity index (χ3n) is 6.99. The highest BCUT2D eigenvalue weighted by molar-refractivity contribution is 5.90. The van der Waals surface area contributed by atoms with E-state index in [2.05, 4.69) is 26.1 Å². The number of aromatic nitrogens is 2. The number of benzene rings is 3. The van der Waals surface area contributed by atoms with E-state index in [4.69, 9.17) is 9.72 Å². The molecule has 1 N–H and O–H groups in total. The molecule has 204 valence electrons. The molecule has 1 heterocycles. The van der Waals surface area contributed by atoms with Crippen molar-refractivity contribution < 1.29 is 9.53 Å². The molecule has 1 aromatic heterocycles. The second-order valence-corrected chi connectivity index (χ2v) is 10.1. The molecule has 7 nitrogen and oxygen atoms in total. The lowest BCUT2D eigenvalue weighted by atomic mass is 10.1. The van der Waals surface area contributed by atoms with Crippen LogP contribution in [0.4, 0.5) is 10.5 Å². The molecule has 1 unspecified atom stereocenters. The molecule has 4 aromatic rings. The summed E-state index contributed by atoms with van der Waals surface area (Å²) >= 11 is 0. The Morgan fingerprint density at radius 3 is 2.44 bits per heavy atom. The first-order chi connectivity index (χ1) is 18.9. The molecule has 0 aliphatic rings. The molecule has 0 radical (unpaired) electrons. The molecule has 0 spiro atoms. The fourth-order valence-electron chi connectivity index (χ4n) is 4.74. The standard InChI is InChI=1S/C32H38N4O3/c1-6-23-15-17-25(18-16-23)36-30(34-28-14-9-8-13-27(28)31(36)37)29(7-2)35(20-19-22(3)4)32(38)33-24-11-10-12-26(21-24)39-5/h8-18,21-22,29H,6-7,19-20H2,1-5H3,(H,33,38). The van der Waals surface area contributed by atoms with E-state index in [1.165, 1.54) is 5.56 Å². The van der Waals surface area contributed by atoms with E-state index < -0.39 is 6.04 Å². The molecule has 0 aliphatic heterocycles. The molecule has 3 aromatic carbocycles. The highest BCUT2D eigenvalue weighted by Gasteiger charge is 2.29. The zero-order valence-corrected chi connectivity index (χ0v) is 23.5. The van der Waals surface area contributed by atoms with Crippen molar-refractivity contribution in [3.8, 4) is 11.4 Å².